The van der Waals surface area contributed by atoms with E-state index in [0.29, 0.717) is 0 Å². The van der Waals surface area contributed by atoms with Gasteiger partial charge in [-0.05, 0) is 47.9 Å². The molecule has 0 saturated carbocycles. The molecule has 0 fully saturated rings. The van der Waals surface area contributed by atoms with Gasteiger partial charge in [-0.15, -0.1) is 12.4 Å². The van der Waals surface area contributed by atoms with E-state index < -0.39 is 0 Å². The number of ether oxygens (including phenoxy) is 1. The molecule has 5 heteroatoms. The summed E-state index contributed by atoms with van der Waals surface area (Å²) < 4.78 is 5.22. The Morgan fingerprint density at radius 1 is 1.16 bits per heavy atom. The second-order valence-corrected chi connectivity index (χ2v) is 4.41. The highest BCUT2D eigenvalue weighted by Gasteiger charge is 2.05. The van der Waals surface area contributed by atoms with Crippen molar-refractivity contribution in [2.24, 2.45) is 5.84 Å². The minimum absolute atomic E-state index is 0. The van der Waals surface area contributed by atoms with Gasteiger partial charge in [0.2, 0.25) is 0 Å². The van der Waals surface area contributed by atoms with E-state index in [1.807, 2.05) is 42.5 Å². The number of hydrazine groups is 1. The molecule has 2 aromatic carbocycles. The highest BCUT2D eigenvalue weighted by molar-refractivity contribution is 6.30. The van der Waals surface area contributed by atoms with Crippen molar-refractivity contribution in [1.82, 2.24) is 0 Å². The number of methoxy groups -OCH3 is 1. The van der Waals surface area contributed by atoms with Crippen LogP contribution in [0.25, 0.3) is 0 Å². The first-order chi connectivity index (χ1) is 8.72. The fraction of sp³-hybridized carbons (Fsp3) is 0.143. The zero-order valence-electron chi connectivity index (χ0n) is 10.5. The SMILES string of the molecule is COc1ccc(NN)c(Cc2ccc(Cl)cc2)c1.Cl. The molecule has 0 atom stereocenters. The number of benzene rings is 2. The van der Waals surface area contributed by atoms with E-state index in [4.69, 9.17) is 22.2 Å². The molecule has 3 nitrogen and oxygen atoms in total. The van der Waals surface area contributed by atoms with Gasteiger partial charge in [0, 0.05) is 5.02 Å². The maximum absolute atomic E-state index is 5.87. The summed E-state index contributed by atoms with van der Waals surface area (Å²) in [5.41, 5.74) is 5.84. The van der Waals surface area contributed by atoms with Crippen LogP contribution in [0, 0.1) is 0 Å². The normalized spacial score (nSPS) is 9.63. The van der Waals surface area contributed by atoms with Gasteiger partial charge in [0.25, 0.3) is 0 Å². The van der Waals surface area contributed by atoms with E-state index in [-0.39, 0.29) is 12.4 Å². The summed E-state index contributed by atoms with van der Waals surface area (Å²) in [7, 11) is 1.65. The second kappa shape index (κ2) is 7.24. The van der Waals surface area contributed by atoms with Gasteiger partial charge in [0.1, 0.15) is 5.75 Å². The largest absolute Gasteiger partial charge is 0.497 e. The van der Waals surface area contributed by atoms with E-state index in [1.165, 1.54) is 5.56 Å². The molecule has 0 aromatic heterocycles. The average molecular weight is 299 g/mol. The van der Waals surface area contributed by atoms with Gasteiger partial charge in [-0.2, -0.15) is 0 Å². The van der Waals surface area contributed by atoms with E-state index in [1.54, 1.807) is 7.11 Å². The van der Waals surface area contributed by atoms with Crippen LogP contribution in [0.4, 0.5) is 5.69 Å². The van der Waals surface area contributed by atoms with Crippen LogP contribution in [0.3, 0.4) is 0 Å². The molecule has 2 aromatic rings. The molecule has 0 aliphatic carbocycles. The van der Waals surface area contributed by atoms with Gasteiger partial charge in [0.05, 0.1) is 12.8 Å². The van der Waals surface area contributed by atoms with Crippen LogP contribution in [0.1, 0.15) is 11.1 Å². The number of rotatable bonds is 4. The fourth-order valence-electron chi connectivity index (χ4n) is 1.81. The van der Waals surface area contributed by atoms with Crippen molar-refractivity contribution >= 4 is 29.7 Å². The quantitative estimate of drug-likeness (QED) is 0.669. The molecule has 0 aliphatic heterocycles. The molecule has 0 amide bonds. The Bertz CT molecular complexity index is 529. The Hall–Kier alpha value is -1.42. The van der Waals surface area contributed by atoms with Crippen molar-refractivity contribution in [1.29, 1.82) is 0 Å². The predicted octanol–water partition coefficient (Wildman–Crippen LogP) is 3.65. The van der Waals surface area contributed by atoms with Gasteiger partial charge in [0.15, 0.2) is 0 Å². The number of hydrogen-bond acceptors (Lipinski definition) is 3. The monoisotopic (exact) mass is 298 g/mol. The fourth-order valence-corrected chi connectivity index (χ4v) is 1.93. The van der Waals surface area contributed by atoms with Crippen LogP contribution in [0.5, 0.6) is 5.75 Å². The van der Waals surface area contributed by atoms with E-state index >= 15 is 0 Å². The summed E-state index contributed by atoms with van der Waals surface area (Å²) >= 11 is 5.87. The predicted molar refractivity (Wildman–Crippen MR) is 82.3 cm³/mol. The van der Waals surface area contributed by atoms with Gasteiger partial charge >= 0.3 is 0 Å². The van der Waals surface area contributed by atoms with Crippen LogP contribution in [0.2, 0.25) is 5.02 Å². The van der Waals surface area contributed by atoms with Gasteiger partial charge in [-0.3, -0.25) is 5.84 Å². The average Bonchev–Trinajstić information content (AvgIpc) is 2.41. The molecule has 19 heavy (non-hydrogen) atoms. The summed E-state index contributed by atoms with van der Waals surface area (Å²) in [6.45, 7) is 0. The van der Waals surface area contributed by atoms with Crippen LogP contribution >= 0.6 is 24.0 Å². The van der Waals surface area contributed by atoms with E-state index in [9.17, 15) is 0 Å². The van der Waals surface area contributed by atoms with Gasteiger partial charge in [-0.1, -0.05) is 23.7 Å². The van der Waals surface area contributed by atoms with Crippen molar-refractivity contribution in [3.05, 3.63) is 58.6 Å². The number of anilines is 1. The third kappa shape index (κ3) is 4.03. The lowest BCUT2D eigenvalue weighted by Gasteiger charge is -2.11. The van der Waals surface area contributed by atoms with Crippen molar-refractivity contribution in [3.63, 3.8) is 0 Å². The summed E-state index contributed by atoms with van der Waals surface area (Å²) in [5, 5.41) is 0.738. The molecule has 0 bridgehead atoms. The van der Waals surface area contributed by atoms with Crippen molar-refractivity contribution in [2.45, 2.75) is 6.42 Å². The van der Waals surface area contributed by atoms with Crippen LogP contribution in [-0.2, 0) is 6.42 Å². The lowest BCUT2D eigenvalue weighted by atomic mass is 10.0. The van der Waals surface area contributed by atoms with E-state index in [0.717, 1.165) is 28.4 Å². The first kappa shape index (κ1) is 15.6. The Balaban J connectivity index is 0.00000180. The number of nitrogens with two attached hydrogens (primary N) is 1. The van der Waals surface area contributed by atoms with Crippen LogP contribution in [-0.4, -0.2) is 7.11 Å². The first-order valence-corrected chi connectivity index (χ1v) is 5.98. The second-order valence-electron chi connectivity index (χ2n) is 3.97. The zero-order valence-corrected chi connectivity index (χ0v) is 12.1. The number of nitrogens with one attached hydrogen (secondary N) is 1. The minimum Gasteiger partial charge on any atom is -0.497 e. The molecule has 102 valence electrons. The Kier molecular flexibility index (Phi) is 5.96. The van der Waals surface area contributed by atoms with E-state index in [2.05, 4.69) is 5.43 Å². The molecule has 0 heterocycles. The highest BCUT2D eigenvalue weighted by Crippen LogP contribution is 2.24. The third-order valence-corrected chi connectivity index (χ3v) is 3.03. The maximum atomic E-state index is 5.87. The standard InChI is InChI=1S/C14H15ClN2O.ClH/c1-18-13-6-7-14(17-16)11(9-13)8-10-2-4-12(15)5-3-10;/h2-7,9,17H,8,16H2,1H3;1H. The van der Waals surface area contributed by atoms with Crippen molar-refractivity contribution < 1.29 is 4.74 Å². The minimum atomic E-state index is 0. The van der Waals surface area contributed by atoms with Crippen LogP contribution < -0.4 is 16.0 Å². The number of hydrogen-bond donors (Lipinski definition) is 2. The number of halogens is 2. The molecule has 0 spiro atoms. The van der Waals surface area contributed by atoms with Gasteiger partial charge < -0.3 is 10.2 Å². The Morgan fingerprint density at radius 2 is 1.84 bits per heavy atom. The molecule has 0 unspecified atom stereocenters. The molecular weight excluding hydrogens is 283 g/mol. The smallest absolute Gasteiger partial charge is 0.119 e. The highest BCUT2D eigenvalue weighted by atomic mass is 35.5. The Labute approximate surface area is 124 Å². The lowest BCUT2D eigenvalue weighted by molar-refractivity contribution is 0.414. The molecule has 2 rings (SSSR count). The van der Waals surface area contributed by atoms with Crippen molar-refractivity contribution in [3.8, 4) is 5.75 Å². The first-order valence-electron chi connectivity index (χ1n) is 5.61. The molecular formula is C14H16Cl2N2O. The Morgan fingerprint density at radius 3 is 2.42 bits per heavy atom. The summed E-state index contributed by atoms with van der Waals surface area (Å²) in [4.78, 5) is 0. The number of nitrogen functional groups attached to an aromatic ring is 1. The topological polar surface area (TPSA) is 47.3 Å². The summed E-state index contributed by atoms with van der Waals surface area (Å²) in [6.07, 6.45) is 0.772. The van der Waals surface area contributed by atoms with Gasteiger partial charge in [-0.25, -0.2) is 0 Å². The summed E-state index contributed by atoms with van der Waals surface area (Å²) in [5.74, 6) is 6.33. The molecule has 0 saturated heterocycles. The lowest BCUT2D eigenvalue weighted by Crippen LogP contribution is -2.09. The molecule has 0 aliphatic rings. The summed E-state index contributed by atoms with van der Waals surface area (Å²) in [6, 6.07) is 13.5. The zero-order chi connectivity index (χ0) is 13.0. The molecule has 0 radical (unpaired) electrons. The van der Waals surface area contributed by atoms with Crippen molar-refractivity contribution in [2.75, 3.05) is 12.5 Å². The molecule has 3 N–H and O–H groups in total. The third-order valence-electron chi connectivity index (χ3n) is 2.78. The van der Waals surface area contributed by atoms with Crippen LogP contribution in [0.15, 0.2) is 42.5 Å². The maximum Gasteiger partial charge on any atom is 0.119 e.